The standard InChI is InChI=1S/C17H28N8O2/c1-2-3-4-8-15(26)9-7-11-17(27)16(25-14-19-21-23-25)10-5-6-12-24-13-18-20-22-24/h13-14,16H,2-12H2,1H3. The molecule has 0 aliphatic carbocycles. The molecule has 10 heteroatoms. The molecule has 2 aromatic rings. The average molecular weight is 376 g/mol. The Labute approximate surface area is 158 Å². The SMILES string of the molecule is CCCCCC(=O)CCCC(=O)C(CCCCn1cnnn1)n1cnnn1. The molecule has 10 nitrogen and oxygen atoms in total. The number of hydrogen-bond acceptors (Lipinski definition) is 8. The van der Waals surface area contributed by atoms with Crippen molar-refractivity contribution < 1.29 is 9.59 Å². The summed E-state index contributed by atoms with van der Waals surface area (Å²) in [7, 11) is 0. The minimum atomic E-state index is -0.385. The predicted octanol–water partition coefficient (Wildman–Crippen LogP) is 1.96. The maximum Gasteiger partial charge on any atom is 0.157 e. The third kappa shape index (κ3) is 7.71. The molecule has 27 heavy (non-hydrogen) atoms. The van der Waals surface area contributed by atoms with E-state index in [0.29, 0.717) is 38.6 Å². The van der Waals surface area contributed by atoms with Crippen molar-refractivity contribution in [2.75, 3.05) is 0 Å². The van der Waals surface area contributed by atoms with Crippen molar-refractivity contribution in [2.45, 2.75) is 83.7 Å². The third-order valence-electron chi connectivity index (χ3n) is 4.50. The molecule has 2 rings (SSSR count). The van der Waals surface area contributed by atoms with Crippen molar-refractivity contribution in [3.8, 4) is 0 Å². The van der Waals surface area contributed by atoms with Gasteiger partial charge in [0.05, 0.1) is 0 Å². The molecule has 0 aliphatic heterocycles. The van der Waals surface area contributed by atoms with Gasteiger partial charge in [-0.25, -0.2) is 9.36 Å². The summed E-state index contributed by atoms with van der Waals surface area (Å²) in [5.41, 5.74) is 0. The minimum absolute atomic E-state index is 0.0751. The molecular formula is C17H28N8O2. The van der Waals surface area contributed by atoms with E-state index < -0.39 is 0 Å². The molecule has 0 fully saturated rings. The number of nitrogens with zero attached hydrogens (tertiary/aromatic N) is 8. The summed E-state index contributed by atoms with van der Waals surface area (Å²) in [6, 6.07) is -0.385. The number of tetrazole rings is 2. The molecule has 0 N–H and O–H groups in total. The number of hydrogen-bond donors (Lipinski definition) is 0. The number of ketones is 2. The Kier molecular flexibility index (Phi) is 9.22. The van der Waals surface area contributed by atoms with Gasteiger partial charge in [-0.2, -0.15) is 0 Å². The van der Waals surface area contributed by atoms with Crippen LogP contribution in [-0.4, -0.2) is 52.0 Å². The molecular weight excluding hydrogens is 348 g/mol. The molecule has 1 atom stereocenters. The van der Waals surface area contributed by atoms with E-state index in [9.17, 15) is 9.59 Å². The zero-order valence-electron chi connectivity index (χ0n) is 15.9. The lowest BCUT2D eigenvalue weighted by Gasteiger charge is -2.15. The Morgan fingerprint density at radius 1 is 0.889 bits per heavy atom. The molecule has 0 saturated carbocycles. The molecule has 0 radical (unpaired) electrons. The second-order valence-corrected chi connectivity index (χ2v) is 6.69. The van der Waals surface area contributed by atoms with E-state index >= 15 is 0 Å². The second kappa shape index (κ2) is 12.0. The fourth-order valence-electron chi connectivity index (χ4n) is 2.97. The lowest BCUT2D eigenvalue weighted by atomic mass is 9.99. The molecule has 0 amide bonds. The van der Waals surface area contributed by atoms with Crippen LogP contribution in [0, 0.1) is 0 Å². The molecule has 2 heterocycles. The molecule has 0 spiro atoms. The van der Waals surface area contributed by atoms with Crippen LogP contribution in [0.4, 0.5) is 0 Å². The quantitative estimate of drug-likeness (QED) is 0.432. The maximum atomic E-state index is 12.6. The van der Waals surface area contributed by atoms with E-state index in [0.717, 1.165) is 32.1 Å². The van der Waals surface area contributed by atoms with Crippen LogP contribution in [-0.2, 0) is 16.1 Å². The summed E-state index contributed by atoms with van der Waals surface area (Å²) in [5.74, 6) is 0.322. The van der Waals surface area contributed by atoms with Gasteiger partial charge >= 0.3 is 0 Å². The van der Waals surface area contributed by atoms with Gasteiger partial charge in [-0.05, 0) is 53.0 Å². The zero-order valence-corrected chi connectivity index (χ0v) is 15.9. The van der Waals surface area contributed by atoms with Gasteiger partial charge in [0, 0.05) is 25.8 Å². The van der Waals surface area contributed by atoms with Crippen molar-refractivity contribution in [3.63, 3.8) is 0 Å². The number of rotatable bonds is 15. The van der Waals surface area contributed by atoms with Crippen LogP contribution >= 0.6 is 0 Å². The molecule has 0 bridgehead atoms. The van der Waals surface area contributed by atoms with Crippen LogP contribution in [0.15, 0.2) is 12.7 Å². The molecule has 2 aromatic heterocycles. The van der Waals surface area contributed by atoms with Crippen LogP contribution in [0.25, 0.3) is 0 Å². The first-order valence-electron chi connectivity index (χ1n) is 9.68. The summed E-state index contributed by atoms with van der Waals surface area (Å²) in [6.07, 6.45) is 10.6. The van der Waals surface area contributed by atoms with Gasteiger partial charge in [0.1, 0.15) is 24.5 Å². The number of unbranched alkanes of at least 4 members (excludes halogenated alkanes) is 3. The molecule has 0 aliphatic rings. The van der Waals surface area contributed by atoms with E-state index in [-0.39, 0.29) is 17.6 Å². The largest absolute Gasteiger partial charge is 0.300 e. The van der Waals surface area contributed by atoms with Crippen molar-refractivity contribution >= 4 is 11.6 Å². The van der Waals surface area contributed by atoms with Crippen LogP contribution in [0.5, 0.6) is 0 Å². The zero-order chi connectivity index (χ0) is 19.3. The lowest BCUT2D eigenvalue weighted by molar-refractivity contribution is -0.123. The summed E-state index contributed by atoms with van der Waals surface area (Å²) >= 11 is 0. The summed E-state index contributed by atoms with van der Waals surface area (Å²) < 4.78 is 3.18. The number of aryl methyl sites for hydroxylation is 1. The van der Waals surface area contributed by atoms with Gasteiger partial charge in [-0.15, -0.1) is 10.2 Å². The highest BCUT2D eigenvalue weighted by Crippen LogP contribution is 2.18. The van der Waals surface area contributed by atoms with Crippen LogP contribution in [0.3, 0.4) is 0 Å². The third-order valence-corrected chi connectivity index (χ3v) is 4.50. The summed E-state index contributed by atoms with van der Waals surface area (Å²) in [6.45, 7) is 2.82. The van der Waals surface area contributed by atoms with E-state index in [1.54, 1.807) is 11.0 Å². The van der Waals surface area contributed by atoms with Gasteiger partial charge in [-0.1, -0.05) is 19.8 Å². The maximum absolute atomic E-state index is 12.6. The van der Waals surface area contributed by atoms with Crippen molar-refractivity contribution in [1.29, 1.82) is 0 Å². The van der Waals surface area contributed by atoms with Crippen molar-refractivity contribution in [3.05, 3.63) is 12.7 Å². The monoisotopic (exact) mass is 376 g/mol. The average Bonchev–Trinajstić information content (AvgIpc) is 3.36. The molecule has 0 saturated heterocycles. The topological polar surface area (TPSA) is 121 Å². The Bertz CT molecular complexity index is 657. The van der Waals surface area contributed by atoms with Gasteiger partial charge in [0.25, 0.3) is 0 Å². The Morgan fingerprint density at radius 3 is 2.37 bits per heavy atom. The van der Waals surface area contributed by atoms with Gasteiger partial charge < -0.3 is 0 Å². The molecule has 0 aromatic carbocycles. The van der Waals surface area contributed by atoms with Crippen LogP contribution < -0.4 is 0 Å². The van der Waals surface area contributed by atoms with E-state index in [2.05, 4.69) is 38.0 Å². The fraction of sp³-hybridized carbons (Fsp3) is 0.765. The number of carbonyl (C=O) groups is 2. The van der Waals surface area contributed by atoms with Crippen LogP contribution in [0.1, 0.15) is 77.2 Å². The highest BCUT2D eigenvalue weighted by atomic mass is 16.1. The van der Waals surface area contributed by atoms with E-state index in [1.807, 2.05) is 0 Å². The van der Waals surface area contributed by atoms with E-state index in [1.165, 1.54) is 11.0 Å². The lowest BCUT2D eigenvalue weighted by Crippen LogP contribution is -2.21. The first-order chi connectivity index (χ1) is 13.2. The molecule has 1 unspecified atom stereocenters. The van der Waals surface area contributed by atoms with E-state index in [4.69, 9.17) is 0 Å². The number of Topliss-reactive ketones (excluding diaryl/α,β-unsaturated/α-hetero) is 2. The number of aromatic nitrogens is 8. The predicted molar refractivity (Wildman–Crippen MR) is 96.5 cm³/mol. The smallest absolute Gasteiger partial charge is 0.157 e. The minimum Gasteiger partial charge on any atom is -0.300 e. The van der Waals surface area contributed by atoms with Gasteiger partial charge in [0.2, 0.25) is 0 Å². The Balaban J connectivity index is 1.74. The normalized spacial score (nSPS) is 12.2. The molecule has 148 valence electrons. The summed E-state index contributed by atoms with van der Waals surface area (Å²) in [5, 5.41) is 22.2. The Hall–Kier alpha value is -2.52. The van der Waals surface area contributed by atoms with Crippen molar-refractivity contribution in [1.82, 2.24) is 40.4 Å². The first-order valence-corrected chi connectivity index (χ1v) is 9.68. The van der Waals surface area contributed by atoms with Crippen molar-refractivity contribution in [2.24, 2.45) is 0 Å². The van der Waals surface area contributed by atoms with Crippen LogP contribution in [0.2, 0.25) is 0 Å². The first kappa shape index (κ1) is 20.8. The summed E-state index contributed by atoms with van der Waals surface area (Å²) in [4.78, 5) is 24.5. The van der Waals surface area contributed by atoms with Gasteiger partial charge in [0.15, 0.2) is 5.78 Å². The highest BCUT2D eigenvalue weighted by molar-refractivity contribution is 5.83. The Morgan fingerprint density at radius 2 is 1.67 bits per heavy atom. The highest BCUT2D eigenvalue weighted by Gasteiger charge is 2.21. The van der Waals surface area contributed by atoms with Gasteiger partial charge in [-0.3, -0.25) is 9.59 Å². The number of carbonyl (C=O) groups excluding carboxylic acids is 2. The fourth-order valence-corrected chi connectivity index (χ4v) is 2.97. The second-order valence-electron chi connectivity index (χ2n) is 6.69.